The Morgan fingerprint density at radius 2 is 1.46 bits per heavy atom. The molecule has 0 atom stereocenters. The lowest BCUT2D eigenvalue weighted by molar-refractivity contribution is -0.456. The highest BCUT2D eigenvalue weighted by Gasteiger charge is 2.31. The van der Waals surface area contributed by atoms with Crippen molar-refractivity contribution in [1.82, 2.24) is 0 Å². The van der Waals surface area contributed by atoms with Gasteiger partial charge in [-0.15, -0.1) is 0 Å². The standard InChI is InChI=1S/C24H21N2/c1-2-8-18(9-3-1)17-26-22(15-20-11-5-7-13-24(20)26)16-21-14-19-10-4-6-12-23(19)25-21/h1-13H,14-17H2/q+1. The molecule has 3 aromatic carbocycles. The van der Waals surface area contributed by atoms with Crippen molar-refractivity contribution in [2.45, 2.75) is 25.8 Å². The first-order chi connectivity index (χ1) is 12.9. The third-order valence-corrected chi connectivity index (χ3v) is 5.31. The maximum Gasteiger partial charge on any atom is 0.209 e. The zero-order chi connectivity index (χ0) is 17.3. The van der Waals surface area contributed by atoms with Gasteiger partial charge < -0.3 is 0 Å². The SMILES string of the molecule is c1ccc(C[N+]2=C(CC3=Nc4ccccc4C3)Cc3ccccc32)cc1. The van der Waals surface area contributed by atoms with E-state index in [2.05, 4.69) is 83.4 Å². The maximum atomic E-state index is 4.89. The normalized spacial score (nSPS) is 15.0. The Bertz CT molecular complexity index is 1030. The van der Waals surface area contributed by atoms with Crippen LogP contribution in [0.3, 0.4) is 0 Å². The highest BCUT2D eigenvalue weighted by molar-refractivity contribution is 6.08. The molecule has 2 nitrogen and oxygen atoms in total. The first kappa shape index (κ1) is 15.3. The van der Waals surface area contributed by atoms with Crippen LogP contribution in [0.5, 0.6) is 0 Å². The maximum absolute atomic E-state index is 4.89. The first-order valence-electron chi connectivity index (χ1n) is 9.25. The summed E-state index contributed by atoms with van der Waals surface area (Å²) in [5.41, 5.74) is 9.37. The number of benzene rings is 3. The third kappa shape index (κ3) is 2.78. The number of aliphatic imine (C=N–C) groups is 1. The Hall–Kier alpha value is -3.00. The average Bonchev–Trinajstić information content (AvgIpc) is 3.24. The van der Waals surface area contributed by atoms with Crippen molar-refractivity contribution in [2.75, 3.05) is 0 Å². The van der Waals surface area contributed by atoms with E-state index in [0.717, 1.165) is 31.5 Å². The van der Waals surface area contributed by atoms with Crippen molar-refractivity contribution < 1.29 is 4.58 Å². The van der Waals surface area contributed by atoms with E-state index in [4.69, 9.17) is 4.99 Å². The summed E-state index contributed by atoms with van der Waals surface area (Å²) in [6.07, 6.45) is 2.96. The minimum Gasteiger partial charge on any atom is -0.257 e. The third-order valence-electron chi connectivity index (χ3n) is 5.31. The monoisotopic (exact) mass is 337 g/mol. The molecule has 0 fully saturated rings. The molecule has 0 aliphatic carbocycles. The first-order valence-corrected chi connectivity index (χ1v) is 9.25. The van der Waals surface area contributed by atoms with Crippen LogP contribution < -0.4 is 0 Å². The fraction of sp³-hybridized carbons (Fsp3) is 0.167. The Kier molecular flexibility index (Phi) is 3.75. The van der Waals surface area contributed by atoms with Gasteiger partial charge in [0.25, 0.3) is 0 Å². The molecule has 26 heavy (non-hydrogen) atoms. The van der Waals surface area contributed by atoms with Gasteiger partial charge in [-0.3, -0.25) is 4.99 Å². The zero-order valence-corrected chi connectivity index (χ0v) is 14.7. The predicted octanol–water partition coefficient (Wildman–Crippen LogP) is 5.25. The van der Waals surface area contributed by atoms with E-state index in [9.17, 15) is 0 Å². The highest BCUT2D eigenvalue weighted by Crippen LogP contribution is 2.31. The quantitative estimate of drug-likeness (QED) is 0.578. The van der Waals surface area contributed by atoms with Crippen LogP contribution in [0.25, 0.3) is 0 Å². The Balaban J connectivity index is 1.48. The molecule has 2 heterocycles. The van der Waals surface area contributed by atoms with Crippen LogP contribution in [0.2, 0.25) is 0 Å². The summed E-state index contributed by atoms with van der Waals surface area (Å²) in [5, 5.41) is 0. The van der Waals surface area contributed by atoms with Crippen LogP contribution in [0.1, 0.15) is 23.1 Å². The van der Waals surface area contributed by atoms with Crippen LogP contribution >= 0.6 is 0 Å². The van der Waals surface area contributed by atoms with E-state index in [-0.39, 0.29) is 0 Å². The summed E-state index contributed by atoms with van der Waals surface area (Å²) in [6, 6.07) is 28.0. The van der Waals surface area contributed by atoms with Gasteiger partial charge in [-0.1, -0.05) is 66.7 Å². The van der Waals surface area contributed by atoms with E-state index in [1.54, 1.807) is 0 Å². The van der Waals surface area contributed by atoms with Crippen molar-refractivity contribution in [1.29, 1.82) is 0 Å². The molecule has 0 spiro atoms. The summed E-state index contributed by atoms with van der Waals surface area (Å²) < 4.78 is 2.50. The Labute approximate surface area is 154 Å². The van der Waals surface area contributed by atoms with Gasteiger partial charge >= 0.3 is 0 Å². The fourth-order valence-electron chi connectivity index (χ4n) is 4.07. The molecule has 0 aromatic heterocycles. The highest BCUT2D eigenvalue weighted by atomic mass is 15.0. The Morgan fingerprint density at radius 3 is 2.31 bits per heavy atom. The number of nitrogens with zero attached hydrogens (tertiary/aromatic N) is 2. The van der Waals surface area contributed by atoms with E-state index in [1.807, 2.05) is 0 Å². The van der Waals surface area contributed by atoms with Crippen molar-refractivity contribution in [3.8, 4) is 0 Å². The smallest absolute Gasteiger partial charge is 0.209 e. The van der Waals surface area contributed by atoms with Crippen LogP contribution in [-0.2, 0) is 19.4 Å². The van der Waals surface area contributed by atoms with E-state index in [1.165, 1.54) is 33.8 Å². The number of fused-ring (bicyclic) bond motifs is 2. The lowest BCUT2D eigenvalue weighted by Crippen LogP contribution is -2.17. The molecule has 126 valence electrons. The molecule has 0 radical (unpaired) electrons. The lowest BCUT2D eigenvalue weighted by atomic mass is 10.0. The molecule has 0 amide bonds. The summed E-state index contributed by atoms with van der Waals surface area (Å²) >= 11 is 0. The van der Waals surface area contributed by atoms with Crippen LogP contribution in [0, 0.1) is 0 Å². The molecule has 2 aliphatic rings. The summed E-state index contributed by atoms with van der Waals surface area (Å²) in [7, 11) is 0. The van der Waals surface area contributed by atoms with Crippen LogP contribution in [-0.4, -0.2) is 16.0 Å². The van der Waals surface area contributed by atoms with Crippen molar-refractivity contribution in [3.05, 3.63) is 95.6 Å². The van der Waals surface area contributed by atoms with Crippen LogP contribution in [0.4, 0.5) is 11.4 Å². The minimum atomic E-state index is 0.924. The Morgan fingerprint density at radius 1 is 0.731 bits per heavy atom. The number of hydrogen-bond acceptors (Lipinski definition) is 1. The van der Waals surface area contributed by atoms with Crippen molar-refractivity contribution >= 4 is 22.8 Å². The number of rotatable bonds is 4. The molecule has 0 bridgehead atoms. The predicted molar refractivity (Wildman–Crippen MR) is 107 cm³/mol. The van der Waals surface area contributed by atoms with Crippen molar-refractivity contribution in [2.24, 2.45) is 4.99 Å². The largest absolute Gasteiger partial charge is 0.257 e. The number of para-hydroxylation sites is 2. The van der Waals surface area contributed by atoms with Gasteiger partial charge in [0, 0.05) is 29.3 Å². The minimum absolute atomic E-state index is 0.924. The lowest BCUT2D eigenvalue weighted by Gasteiger charge is -2.04. The molecule has 0 saturated heterocycles. The second-order valence-corrected chi connectivity index (χ2v) is 7.10. The summed E-state index contributed by atoms with van der Waals surface area (Å²) in [5.74, 6) is 0. The number of hydrogen-bond donors (Lipinski definition) is 0. The zero-order valence-electron chi connectivity index (χ0n) is 14.7. The van der Waals surface area contributed by atoms with Gasteiger partial charge in [0.15, 0.2) is 12.3 Å². The molecular weight excluding hydrogens is 316 g/mol. The molecule has 0 N–H and O–H groups in total. The van der Waals surface area contributed by atoms with Gasteiger partial charge in [0.2, 0.25) is 5.69 Å². The van der Waals surface area contributed by atoms with Gasteiger partial charge in [-0.05, 0) is 11.6 Å². The molecule has 3 aromatic rings. The molecule has 2 aliphatic heterocycles. The van der Waals surface area contributed by atoms with E-state index in [0.29, 0.717) is 0 Å². The summed E-state index contributed by atoms with van der Waals surface area (Å²) in [6.45, 7) is 0.924. The summed E-state index contributed by atoms with van der Waals surface area (Å²) in [4.78, 5) is 4.89. The second-order valence-electron chi connectivity index (χ2n) is 7.10. The molecule has 0 unspecified atom stereocenters. The molecular formula is C24H21N2+. The fourth-order valence-corrected chi connectivity index (χ4v) is 4.07. The molecule has 5 rings (SSSR count). The van der Waals surface area contributed by atoms with Crippen LogP contribution in [0.15, 0.2) is 83.9 Å². The second kappa shape index (κ2) is 6.38. The van der Waals surface area contributed by atoms with Gasteiger partial charge in [0.1, 0.15) is 0 Å². The van der Waals surface area contributed by atoms with Gasteiger partial charge in [0.05, 0.1) is 18.5 Å². The molecule has 0 saturated carbocycles. The van der Waals surface area contributed by atoms with E-state index >= 15 is 0 Å². The van der Waals surface area contributed by atoms with Gasteiger partial charge in [-0.25, -0.2) is 0 Å². The van der Waals surface area contributed by atoms with E-state index < -0.39 is 0 Å². The molecule has 2 heteroatoms. The van der Waals surface area contributed by atoms with Crippen molar-refractivity contribution in [3.63, 3.8) is 0 Å². The topological polar surface area (TPSA) is 15.4 Å². The van der Waals surface area contributed by atoms with Gasteiger partial charge in [-0.2, -0.15) is 4.58 Å². The average molecular weight is 337 g/mol.